The van der Waals surface area contributed by atoms with Gasteiger partial charge in [-0.3, -0.25) is 0 Å². The highest BCUT2D eigenvalue weighted by molar-refractivity contribution is 7.22. The van der Waals surface area contributed by atoms with Crippen LogP contribution in [0.1, 0.15) is 0 Å². The van der Waals surface area contributed by atoms with Gasteiger partial charge in [0.2, 0.25) is 5.83 Å². The Labute approximate surface area is 49.9 Å². The van der Waals surface area contributed by atoms with Gasteiger partial charge in [0.1, 0.15) is 0 Å². The van der Waals surface area contributed by atoms with E-state index in [1.807, 2.05) is 0 Å². The third-order valence-corrected chi connectivity index (χ3v) is 0.712. The summed E-state index contributed by atoms with van der Waals surface area (Å²) in [6.07, 6.45) is -5.20. The molecular weight excluding hydrogens is 162 g/mol. The van der Waals surface area contributed by atoms with Crippen molar-refractivity contribution in [3.8, 4) is 0 Å². The van der Waals surface area contributed by atoms with Crippen molar-refractivity contribution in [2.75, 3.05) is 0 Å². The largest absolute Gasteiger partial charge is 0.445 e. The van der Waals surface area contributed by atoms with E-state index in [1.165, 1.54) is 0 Å². The molecule has 0 spiro atoms. The molecule has 0 heterocycles. The molecule has 9 heavy (non-hydrogen) atoms. The molecule has 1 atom stereocenters. The molecule has 0 radical (unpaired) electrons. The number of rotatable bonds is 0. The van der Waals surface area contributed by atoms with Crippen LogP contribution in [0, 0.1) is 0 Å². The first-order chi connectivity index (χ1) is 3.85. The lowest BCUT2D eigenvalue weighted by atomic mass is 10.6. The van der Waals surface area contributed by atoms with Crippen LogP contribution in [0.2, 0.25) is 0 Å². The van der Waals surface area contributed by atoms with E-state index in [0.29, 0.717) is 0 Å². The van der Waals surface area contributed by atoms with Gasteiger partial charge < -0.3 is 0 Å². The second-order valence-electron chi connectivity index (χ2n) is 1.16. The number of allylic oxidation sites excluding steroid dienone is 1. The molecule has 0 aromatic rings. The van der Waals surface area contributed by atoms with Gasteiger partial charge in [0.25, 0.3) is 0 Å². The molecule has 0 aliphatic heterocycles. The Bertz CT molecular complexity index is 130. The summed E-state index contributed by atoms with van der Waals surface area (Å²) in [7, 11) is 0.978. The summed E-state index contributed by atoms with van der Waals surface area (Å²) in [6, 6.07) is 0. The Hall–Kier alpha value is -0.180. The van der Waals surface area contributed by atoms with Crippen LogP contribution >= 0.6 is 9.24 Å². The van der Waals surface area contributed by atoms with Crippen molar-refractivity contribution in [1.82, 2.24) is 0 Å². The molecule has 0 fully saturated rings. The molecule has 0 aliphatic rings. The Kier molecular flexibility index (Phi) is 2.55. The third kappa shape index (κ3) is 2.75. The number of halogens is 5. The summed E-state index contributed by atoms with van der Waals surface area (Å²) in [6.45, 7) is 0. The minimum atomic E-state index is -5.20. The summed E-state index contributed by atoms with van der Waals surface area (Å²) >= 11 is 0. The Morgan fingerprint density at radius 2 is 1.44 bits per heavy atom. The molecule has 6 heteroatoms. The average molecular weight is 164 g/mol. The van der Waals surface area contributed by atoms with Crippen molar-refractivity contribution in [1.29, 1.82) is 0 Å². The van der Waals surface area contributed by atoms with Crippen molar-refractivity contribution in [2.45, 2.75) is 6.18 Å². The summed E-state index contributed by atoms with van der Waals surface area (Å²) in [5.41, 5.74) is -1.93. The predicted octanol–water partition coefficient (Wildman–Crippen LogP) is 2.53. The summed E-state index contributed by atoms with van der Waals surface area (Å²) in [4.78, 5) is 0. The van der Waals surface area contributed by atoms with Crippen LogP contribution in [0.3, 0.4) is 0 Å². The van der Waals surface area contributed by atoms with Crippen LogP contribution in [0.15, 0.2) is 11.4 Å². The average Bonchev–Trinajstić information content (AvgIpc) is 1.62. The molecule has 0 saturated carbocycles. The maximum absolute atomic E-state index is 11.4. The Morgan fingerprint density at radius 3 is 1.44 bits per heavy atom. The van der Waals surface area contributed by atoms with Crippen LogP contribution in [0.5, 0.6) is 0 Å². The lowest BCUT2D eigenvalue weighted by Crippen LogP contribution is -2.07. The fourth-order valence-corrected chi connectivity index (χ4v) is 0.299. The quantitative estimate of drug-likeness (QED) is 0.381. The van der Waals surface area contributed by atoms with E-state index in [4.69, 9.17) is 0 Å². The van der Waals surface area contributed by atoms with Crippen molar-refractivity contribution in [2.24, 2.45) is 0 Å². The van der Waals surface area contributed by atoms with E-state index < -0.39 is 17.6 Å². The molecule has 0 aromatic carbocycles. The van der Waals surface area contributed by atoms with Gasteiger partial charge in [-0.1, -0.05) is 9.24 Å². The Morgan fingerprint density at radius 1 is 1.11 bits per heavy atom. The smallest absolute Gasteiger partial charge is 0.204 e. The zero-order valence-electron chi connectivity index (χ0n) is 3.97. The normalized spacial score (nSPS) is 15.3. The van der Waals surface area contributed by atoms with Gasteiger partial charge in [-0.15, -0.1) is 0 Å². The van der Waals surface area contributed by atoms with E-state index in [9.17, 15) is 22.0 Å². The van der Waals surface area contributed by atoms with Crippen LogP contribution in [0.4, 0.5) is 22.0 Å². The van der Waals surface area contributed by atoms with Gasteiger partial charge in [0, 0.05) is 0 Å². The highest BCUT2D eigenvalue weighted by atomic mass is 31.0. The molecule has 0 rings (SSSR count). The fraction of sp³-hybridized carbons (Fsp3) is 0.333. The highest BCUT2D eigenvalue weighted by Gasteiger charge is 2.36. The second-order valence-corrected chi connectivity index (χ2v) is 1.67. The van der Waals surface area contributed by atoms with Crippen LogP contribution in [-0.2, 0) is 0 Å². The number of hydrogen-bond donors (Lipinski definition) is 0. The minimum absolute atomic E-state index is 0.978. The third-order valence-electron chi connectivity index (χ3n) is 0.459. The van der Waals surface area contributed by atoms with Crippen LogP contribution in [-0.4, -0.2) is 6.18 Å². The summed E-state index contributed by atoms with van der Waals surface area (Å²) in [5, 5.41) is 0. The van der Waals surface area contributed by atoms with Gasteiger partial charge in [0.05, 0.1) is 0 Å². The van der Waals surface area contributed by atoms with Crippen molar-refractivity contribution >= 4 is 9.24 Å². The maximum Gasteiger partial charge on any atom is 0.445 e. The van der Waals surface area contributed by atoms with Gasteiger partial charge in [0.15, 0.2) is 5.57 Å². The maximum atomic E-state index is 11.4. The van der Waals surface area contributed by atoms with E-state index in [0.717, 1.165) is 9.24 Å². The molecule has 0 aromatic heterocycles. The van der Waals surface area contributed by atoms with E-state index in [-0.39, 0.29) is 0 Å². The molecule has 1 unspecified atom stereocenters. The molecule has 0 saturated heterocycles. The van der Waals surface area contributed by atoms with Gasteiger partial charge >= 0.3 is 6.18 Å². The molecule has 0 nitrogen and oxygen atoms in total. The van der Waals surface area contributed by atoms with E-state index >= 15 is 0 Å². The highest BCUT2D eigenvalue weighted by Crippen LogP contribution is 2.31. The van der Waals surface area contributed by atoms with Crippen molar-refractivity contribution in [3.05, 3.63) is 11.4 Å². The van der Waals surface area contributed by atoms with Crippen LogP contribution in [0.25, 0.3) is 0 Å². The Balaban J connectivity index is 4.40. The number of alkyl halides is 3. The second kappa shape index (κ2) is 2.60. The first-order valence-electron chi connectivity index (χ1n) is 1.73. The molecule has 0 amide bonds. The zero-order valence-corrected chi connectivity index (χ0v) is 5.12. The van der Waals surface area contributed by atoms with Crippen LogP contribution < -0.4 is 0 Å². The van der Waals surface area contributed by atoms with Gasteiger partial charge in [-0.05, 0) is 0 Å². The topological polar surface area (TPSA) is 0 Å². The molecule has 0 N–H and O–H groups in total. The number of hydrogen-bond acceptors (Lipinski definition) is 0. The lowest BCUT2D eigenvalue weighted by Gasteiger charge is -2.00. The first kappa shape index (κ1) is 8.82. The predicted molar refractivity (Wildman–Crippen MR) is 25.0 cm³/mol. The van der Waals surface area contributed by atoms with Crippen molar-refractivity contribution in [3.63, 3.8) is 0 Å². The summed E-state index contributed by atoms with van der Waals surface area (Å²) in [5.74, 6) is -2.70. The standard InChI is InChI=1S/C3H2F5P/c4-1(2(5)9)3(6,7)8/h9H2/b2-1+. The zero-order chi connectivity index (χ0) is 7.65. The summed E-state index contributed by atoms with van der Waals surface area (Å²) < 4.78 is 55.8. The minimum Gasteiger partial charge on any atom is -0.204 e. The molecule has 54 valence electrons. The monoisotopic (exact) mass is 164 g/mol. The molecule has 0 aliphatic carbocycles. The first-order valence-corrected chi connectivity index (χ1v) is 2.31. The SMILES string of the molecule is F/C(P)=C(\F)C(F)(F)F. The van der Waals surface area contributed by atoms with Crippen molar-refractivity contribution < 1.29 is 22.0 Å². The van der Waals surface area contributed by atoms with E-state index in [1.54, 1.807) is 0 Å². The lowest BCUT2D eigenvalue weighted by molar-refractivity contribution is -0.110. The van der Waals surface area contributed by atoms with Gasteiger partial charge in [-0.2, -0.15) is 17.6 Å². The van der Waals surface area contributed by atoms with E-state index in [2.05, 4.69) is 0 Å². The molecule has 0 bridgehead atoms. The molecular formula is C3H2F5P. The van der Waals surface area contributed by atoms with Gasteiger partial charge in [-0.25, -0.2) is 4.39 Å². The fourth-order valence-electron chi connectivity index (χ4n) is 0.135.